The van der Waals surface area contributed by atoms with Gasteiger partial charge in [0.2, 0.25) is 0 Å². The second-order valence-corrected chi connectivity index (χ2v) is 3.21. The monoisotopic (exact) mass is 167 g/mol. The summed E-state index contributed by atoms with van der Waals surface area (Å²) in [6, 6.07) is 0.514. The minimum atomic E-state index is 0.514. The molecule has 0 spiro atoms. The highest BCUT2D eigenvalue weighted by molar-refractivity contribution is 5.04. The van der Waals surface area contributed by atoms with Gasteiger partial charge < -0.3 is 4.90 Å². The van der Waals surface area contributed by atoms with Crippen molar-refractivity contribution in [3.8, 4) is 0 Å². The molecule has 0 aliphatic rings. The van der Waals surface area contributed by atoms with E-state index in [-0.39, 0.29) is 0 Å². The second-order valence-electron chi connectivity index (χ2n) is 3.21. The van der Waals surface area contributed by atoms with E-state index in [1.165, 1.54) is 12.1 Å². The van der Waals surface area contributed by atoms with E-state index in [9.17, 15) is 0 Å². The lowest BCUT2D eigenvalue weighted by atomic mass is 10.2. The van der Waals surface area contributed by atoms with Crippen LogP contribution in [0.1, 0.15) is 40.5 Å². The summed E-state index contributed by atoms with van der Waals surface area (Å²) in [6.07, 6.45) is 6.41. The third-order valence-corrected chi connectivity index (χ3v) is 1.92. The summed E-state index contributed by atoms with van der Waals surface area (Å²) in [5, 5.41) is 0. The van der Waals surface area contributed by atoms with Crippen molar-refractivity contribution in [1.29, 1.82) is 0 Å². The van der Waals surface area contributed by atoms with Gasteiger partial charge in [0.05, 0.1) is 0 Å². The molecule has 0 N–H and O–H groups in total. The second kappa shape index (κ2) is 5.87. The Kier molecular flexibility index (Phi) is 5.52. The Hall–Kier alpha value is -0.720. The van der Waals surface area contributed by atoms with E-state index in [4.69, 9.17) is 0 Å². The maximum absolute atomic E-state index is 3.82. The fraction of sp³-hybridized carbons (Fsp3) is 0.636. The highest BCUT2D eigenvalue weighted by Crippen LogP contribution is 2.14. The van der Waals surface area contributed by atoms with Crippen LogP contribution in [0.2, 0.25) is 0 Å². The quantitative estimate of drug-likeness (QED) is 0.605. The van der Waals surface area contributed by atoms with Crippen LogP contribution in [-0.4, -0.2) is 10.9 Å². The molecule has 0 fully saturated rings. The number of rotatable bonds is 5. The largest absolute Gasteiger partial charge is 0.350 e. The molecule has 0 aliphatic carbocycles. The molecule has 0 unspecified atom stereocenters. The fourth-order valence-electron chi connectivity index (χ4n) is 1.34. The lowest BCUT2D eigenvalue weighted by molar-refractivity contribution is 0.370. The fourth-order valence-corrected chi connectivity index (χ4v) is 1.34. The Balaban J connectivity index is 4.34. The zero-order chi connectivity index (χ0) is 9.56. The molecule has 0 aromatic carbocycles. The molecule has 0 heterocycles. The summed E-state index contributed by atoms with van der Waals surface area (Å²) in [7, 11) is 0. The van der Waals surface area contributed by atoms with Crippen LogP contribution < -0.4 is 0 Å². The van der Waals surface area contributed by atoms with Crippen molar-refractivity contribution in [2.24, 2.45) is 0 Å². The molecule has 1 nitrogen and oxygen atoms in total. The first kappa shape index (κ1) is 11.3. The molecule has 0 aromatic heterocycles. The van der Waals surface area contributed by atoms with Gasteiger partial charge in [0.15, 0.2) is 0 Å². The van der Waals surface area contributed by atoms with Gasteiger partial charge >= 0.3 is 0 Å². The van der Waals surface area contributed by atoms with Gasteiger partial charge in [0.25, 0.3) is 0 Å². The molecule has 0 saturated carbocycles. The Bertz CT molecular complexity index is 156. The van der Waals surface area contributed by atoms with Gasteiger partial charge in [-0.2, -0.15) is 0 Å². The standard InChI is InChI=1S/C11H21N/c1-6-9-11(7-2)12(8-3)10(4)5/h7-8,10H,3,6,9H2,1-2,4-5H3/b11-7-. The van der Waals surface area contributed by atoms with Crippen molar-refractivity contribution >= 4 is 0 Å². The Labute approximate surface area is 76.8 Å². The third-order valence-electron chi connectivity index (χ3n) is 1.92. The van der Waals surface area contributed by atoms with Gasteiger partial charge in [-0.05, 0) is 33.4 Å². The number of allylic oxidation sites excluding steroid dienone is 2. The topological polar surface area (TPSA) is 3.24 Å². The van der Waals surface area contributed by atoms with E-state index in [1.54, 1.807) is 0 Å². The highest BCUT2D eigenvalue weighted by atomic mass is 15.1. The van der Waals surface area contributed by atoms with E-state index in [1.807, 2.05) is 6.20 Å². The minimum Gasteiger partial charge on any atom is -0.350 e. The predicted octanol–water partition coefficient (Wildman–Crippen LogP) is 3.54. The summed E-state index contributed by atoms with van der Waals surface area (Å²) in [6.45, 7) is 12.5. The Morgan fingerprint density at radius 2 is 2.08 bits per heavy atom. The number of hydrogen-bond donors (Lipinski definition) is 0. The van der Waals surface area contributed by atoms with E-state index in [2.05, 4.69) is 45.2 Å². The zero-order valence-corrected chi connectivity index (χ0v) is 8.80. The van der Waals surface area contributed by atoms with E-state index in [0.29, 0.717) is 6.04 Å². The molecule has 0 radical (unpaired) electrons. The van der Waals surface area contributed by atoms with Gasteiger partial charge in [0.1, 0.15) is 0 Å². The average molecular weight is 167 g/mol. The number of hydrogen-bond acceptors (Lipinski definition) is 1. The van der Waals surface area contributed by atoms with Crippen LogP contribution in [0.15, 0.2) is 24.6 Å². The molecular weight excluding hydrogens is 146 g/mol. The molecule has 0 rings (SSSR count). The normalized spacial score (nSPS) is 11.9. The van der Waals surface area contributed by atoms with Crippen molar-refractivity contribution in [3.05, 3.63) is 24.6 Å². The molecule has 70 valence electrons. The van der Waals surface area contributed by atoms with Crippen LogP contribution in [-0.2, 0) is 0 Å². The Morgan fingerprint density at radius 3 is 2.33 bits per heavy atom. The lowest BCUT2D eigenvalue weighted by Gasteiger charge is -2.27. The van der Waals surface area contributed by atoms with Crippen LogP contribution in [0.25, 0.3) is 0 Å². The maximum Gasteiger partial charge on any atom is 0.0276 e. The van der Waals surface area contributed by atoms with E-state index in [0.717, 1.165) is 6.42 Å². The summed E-state index contributed by atoms with van der Waals surface area (Å²) >= 11 is 0. The Morgan fingerprint density at radius 1 is 1.50 bits per heavy atom. The van der Waals surface area contributed by atoms with Gasteiger partial charge in [-0.3, -0.25) is 0 Å². The summed E-state index contributed by atoms with van der Waals surface area (Å²) in [4.78, 5) is 2.23. The van der Waals surface area contributed by atoms with Crippen molar-refractivity contribution in [3.63, 3.8) is 0 Å². The molecule has 0 bridgehead atoms. The van der Waals surface area contributed by atoms with Crippen molar-refractivity contribution in [2.75, 3.05) is 0 Å². The van der Waals surface area contributed by atoms with Gasteiger partial charge in [-0.15, -0.1) is 0 Å². The van der Waals surface area contributed by atoms with Crippen LogP contribution >= 0.6 is 0 Å². The van der Waals surface area contributed by atoms with Crippen molar-refractivity contribution in [2.45, 2.75) is 46.6 Å². The van der Waals surface area contributed by atoms with E-state index < -0.39 is 0 Å². The first-order valence-corrected chi connectivity index (χ1v) is 4.73. The molecule has 0 amide bonds. The summed E-state index contributed by atoms with van der Waals surface area (Å²) < 4.78 is 0. The van der Waals surface area contributed by atoms with Gasteiger partial charge in [-0.25, -0.2) is 0 Å². The first-order valence-electron chi connectivity index (χ1n) is 4.73. The highest BCUT2D eigenvalue weighted by Gasteiger charge is 2.07. The molecule has 0 aromatic rings. The third kappa shape index (κ3) is 3.12. The summed E-state index contributed by atoms with van der Waals surface area (Å²) in [5.41, 5.74) is 1.38. The van der Waals surface area contributed by atoms with Crippen LogP contribution in [0.4, 0.5) is 0 Å². The molecule has 0 aliphatic heterocycles. The van der Waals surface area contributed by atoms with Crippen LogP contribution in [0.3, 0.4) is 0 Å². The van der Waals surface area contributed by atoms with Gasteiger partial charge in [0, 0.05) is 11.7 Å². The SMILES string of the molecule is C=CN(/C(=C\C)CCC)C(C)C. The molecule has 1 heteroatoms. The molecule has 0 saturated heterocycles. The average Bonchev–Trinajstić information content (AvgIpc) is 2.03. The summed E-state index contributed by atoms with van der Waals surface area (Å²) in [5.74, 6) is 0. The minimum absolute atomic E-state index is 0.514. The van der Waals surface area contributed by atoms with Crippen molar-refractivity contribution < 1.29 is 0 Å². The maximum atomic E-state index is 3.82. The zero-order valence-electron chi connectivity index (χ0n) is 8.80. The molecule has 0 atom stereocenters. The first-order chi connectivity index (χ1) is 5.67. The van der Waals surface area contributed by atoms with Crippen LogP contribution in [0.5, 0.6) is 0 Å². The molecule has 12 heavy (non-hydrogen) atoms. The van der Waals surface area contributed by atoms with Crippen molar-refractivity contribution in [1.82, 2.24) is 4.90 Å². The smallest absolute Gasteiger partial charge is 0.0276 e. The van der Waals surface area contributed by atoms with Crippen LogP contribution in [0, 0.1) is 0 Å². The van der Waals surface area contributed by atoms with Gasteiger partial charge in [-0.1, -0.05) is 26.0 Å². The number of nitrogens with zero attached hydrogens (tertiary/aromatic N) is 1. The lowest BCUT2D eigenvalue weighted by Crippen LogP contribution is -2.24. The predicted molar refractivity (Wildman–Crippen MR) is 55.8 cm³/mol. The van der Waals surface area contributed by atoms with E-state index >= 15 is 0 Å². The molecular formula is C11H21N.